The van der Waals surface area contributed by atoms with Crippen molar-refractivity contribution in [3.8, 4) is 0 Å². The standard InChI is InChI=1S/C23H29FN4O2/c1-18(23(30)25-21-10-8-20(24)9-11-21)26(2)17-22(29)28-14-12-27(13-15-28)16-19-6-4-3-5-7-19/h3-11,18H,12-17H2,1-2H3,(H,25,30). The maximum absolute atomic E-state index is 13.0. The van der Waals surface area contributed by atoms with E-state index in [2.05, 4.69) is 22.3 Å². The Morgan fingerprint density at radius 2 is 1.67 bits per heavy atom. The first kappa shape index (κ1) is 21.9. The zero-order chi connectivity index (χ0) is 21.5. The Hall–Kier alpha value is -2.77. The van der Waals surface area contributed by atoms with Crippen molar-refractivity contribution in [3.05, 3.63) is 66.0 Å². The van der Waals surface area contributed by atoms with Crippen molar-refractivity contribution in [2.45, 2.75) is 19.5 Å². The van der Waals surface area contributed by atoms with Crippen molar-refractivity contribution in [2.24, 2.45) is 0 Å². The number of likely N-dealkylation sites (N-methyl/N-ethyl adjacent to an activating group) is 1. The molecule has 1 saturated heterocycles. The lowest BCUT2D eigenvalue weighted by molar-refractivity contribution is -0.135. The van der Waals surface area contributed by atoms with Crippen LogP contribution in [0.3, 0.4) is 0 Å². The van der Waals surface area contributed by atoms with Gasteiger partial charge in [-0.3, -0.25) is 19.4 Å². The van der Waals surface area contributed by atoms with E-state index in [1.807, 2.05) is 23.1 Å². The third-order valence-corrected chi connectivity index (χ3v) is 5.51. The highest BCUT2D eigenvalue weighted by atomic mass is 19.1. The number of carbonyl (C=O) groups is 2. The number of amides is 2. The smallest absolute Gasteiger partial charge is 0.241 e. The number of hydrogen-bond donors (Lipinski definition) is 1. The molecule has 1 fully saturated rings. The van der Waals surface area contributed by atoms with Crippen molar-refractivity contribution in [1.29, 1.82) is 0 Å². The summed E-state index contributed by atoms with van der Waals surface area (Å²) in [5.41, 5.74) is 1.81. The number of nitrogens with one attached hydrogen (secondary N) is 1. The van der Waals surface area contributed by atoms with Gasteiger partial charge in [0.1, 0.15) is 5.82 Å². The van der Waals surface area contributed by atoms with Gasteiger partial charge in [0.2, 0.25) is 11.8 Å². The molecule has 0 aliphatic carbocycles. The maximum atomic E-state index is 13.0. The fourth-order valence-electron chi connectivity index (χ4n) is 3.43. The summed E-state index contributed by atoms with van der Waals surface area (Å²) < 4.78 is 13.0. The average Bonchev–Trinajstić information content (AvgIpc) is 2.76. The van der Waals surface area contributed by atoms with Gasteiger partial charge in [0.05, 0.1) is 12.6 Å². The molecule has 0 bridgehead atoms. The van der Waals surface area contributed by atoms with E-state index < -0.39 is 6.04 Å². The van der Waals surface area contributed by atoms with Crippen LogP contribution in [-0.4, -0.2) is 72.3 Å². The van der Waals surface area contributed by atoms with E-state index in [4.69, 9.17) is 0 Å². The molecule has 1 atom stereocenters. The fourth-order valence-corrected chi connectivity index (χ4v) is 3.43. The summed E-state index contributed by atoms with van der Waals surface area (Å²) >= 11 is 0. The van der Waals surface area contributed by atoms with E-state index in [9.17, 15) is 14.0 Å². The number of anilines is 1. The van der Waals surface area contributed by atoms with Gasteiger partial charge in [-0.15, -0.1) is 0 Å². The highest BCUT2D eigenvalue weighted by molar-refractivity contribution is 5.94. The number of piperazine rings is 1. The Kier molecular flexibility index (Phi) is 7.54. The third kappa shape index (κ3) is 6.11. The molecule has 6 nitrogen and oxygen atoms in total. The number of hydrogen-bond acceptors (Lipinski definition) is 4. The molecular formula is C23H29FN4O2. The van der Waals surface area contributed by atoms with Crippen LogP contribution < -0.4 is 5.32 Å². The zero-order valence-electron chi connectivity index (χ0n) is 17.6. The van der Waals surface area contributed by atoms with Crippen molar-refractivity contribution in [1.82, 2.24) is 14.7 Å². The van der Waals surface area contributed by atoms with Gasteiger partial charge in [-0.25, -0.2) is 4.39 Å². The van der Waals surface area contributed by atoms with E-state index in [0.717, 1.165) is 19.6 Å². The predicted octanol–water partition coefficient (Wildman–Crippen LogP) is 2.43. The second-order valence-corrected chi connectivity index (χ2v) is 7.73. The normalized spacial score (nSPS) is 15.8. The summed E-state index contributed by atoms with van der Waals surface area (Å²) in [5, 5.41) is 2.75. The topological polar surface area (TPSA) is 55.9 Å². The molecule has 2 aromatic carbocycles. The zero-order valence-corrected chi connectivity index (χ0v) is 17.6. The summed E-state index contributed by atoms with van der Waals surface area (Å²) in [6, 6.07) is 15.5. The number of nitrogens with zero attached hydrogens (tertiary/aromatic N) is 3. The minimum Gasteiger partial charge on any atom is -0.339 e. The minimum absolute atomic E-state index is 0.0262. The van der Waals surface area contributed by atoms with Crippen LogP contribution in [0.2, 0.25) is 0 Å². The van der Waals surface area contributed by atoms with Crippen LogP contribution in [0, 0.1) is 5.82 Å². The fraction of sp³-hybridized carbons (Fsp3) is 0.391. The summed E-state index contributed by atoms with van der Waals surface area (Å²) in [7, 11) is 1.76. The molecule has 1 unspecified atom stereocenters. The van der Waals surface area contributed by atoms with Crippen LogP contribution in [-0.2, 0) is 16.1 Å². The lowest BCUT2D eigenvalue weighted by atomic mass is 10.2. The molecule has 0 radical (unpaired) electrons. The SMILES string of the molecule is CC(C(=O)Nc1ccc(F)cc1)N(C)CC(=O)N1CCN(Cc2ccccc2)CC1. The molecule has 2 aromatic rings. The van der Waals surface area contributed by atoms with E-state index in [1.165, 1.54) is 29.8 Å². The third-order valence-electron chi connectivity index (χ3n) is 5.51. The van der Waals surface area contributed by atoms with Gasteiger partial charge in [-0.1, -0.05) is 30.3 Å². The van der Waals surface area contributed by atoms with Crippen molar-refractivity contribution < 1.29 is 14.0 Å². The minimum atomic E-state index is -0.488. The lowest BCUT2D eigenvalue weighted by Crippen LogP contribution is -2.52. The molecule has 0 spiro atoms. The Bertz CT molecular complexity index is 836. The van der Waals surface area contributed by atoms with Gasteiger partial charge in [0.15, 0.2) is 0 Å². The molecule has 1 aliphatic rings. The number of benzene rings is 2. The quantitative estimate of drug-likeness (QED) is 0.759. The van der Waals surface area contributed by atoms with Crippen LogP contribution in [0.25, 0.3) is 0 Å². The monoisotopic (exact) mass is 412 g/mol. The number of halogens is 1. The van der Waals surface area contributed by atoms with Gasteiger partial charge >= 0.3 is 0 Å². The summed E-state index contributed by atoms with van der Waals surface area (Å²) in [6.45, 7) is 5.88. The Morgan fingerprint density at radius 3 is 2.30 bits per heavy atom. The molecule has 3 rings (SSSR count). The van der Waals surface area contributed by atoms with Crippen molar-refractivity contribution in [2.75, 3.05) is 45.1 Å². The molecule has 30 heavy (non-hydrogen) atoms. The molecule has 1 aliphatic heterocycles. The highest BCUT2D eigenvalue weighted by Gasteiger charge is 2.25. The van der Waals surface area contributed by atoms with Crippen LogP contribution in [0.1, 0.15) is 12.5 Å². The largest absolute Gasteiger partial charge is 0.339 e. The average molecular weight is 413 g/mol. The van der Waals surface area contributed by atoms with Gasteiger partial charge in [-0.2, -0.15) is 0 Å². The predicted molar refractivity (Wildman–Crippen MR) is 115 cm³/mol. The van der Waals surface area contributed by atoms with Crippen molar-refractivity contribution >= 4 is 17.5 Å². The van der Waals surface area contributed by atoms with E-state index in [-0.39, 0.29) is 24.2 Å². The molecule has 1 heterocycles. The number of rotatable bonds is 7. The second-order valence-electron chi connectivity index (χ2n) is 7.73. The molecule has 1 N–H and O–H groups in total. The van der Waals surface area contributed by atoms with Gasteiger partial charge in [-0.05, 0) is 43.8 Å². The molecular weight excluding hydrogens is 383 g/mol. The van der Waals surface area contributed by atoms with E-state index >= 15 is 0 Å². The van der Waals surface area contributed by atoms with Crippen LogP contribution in [0.15, 0.2) is 54.6 Å². The van der Waals surface area contributed by atoms with Crippen molar-refractivity contribution in [3.63, 3.8) is 0 Å². The molecule has 0 aromatic heterocycles. The molecule has 7 heteroatoms. The number of carbonyl (C=O) groups excluding carboxylic acids is 2. The summed E-state index contributed by atoms with van der Waals surface area (Å²) in [4.78, 5) is 31.1. The van der Waals surface area contributed by atoms with Gasteiger partial charge in [0, 0.05) is 38.4 Å². The Balaban J connectivity index is 1.43. The Labute approximate surface area is 177 Å². The maximum Gasteiger partial charge on any atom is 0.241 e. The van der Waals surface area contributed by atoms with Gasteiger partial charge < -0.3 is 10.2 Å². The van der Waals surface area contributed by atoms with E-state index in [1.54, 1.807) is 18.9 Å². The Morgan fingerprint density at radius 1 is 1.03 bits per heavy atom. The summed E-state index contributed by atoms with van der Waals surface area (Å²) in [6.07, 6.45) is 0. The van der Waals surface area contributed by atoms with Crippen LogP contribution in [0.5, 0.6) is 0 Å². The van der Waals surface area contributed by atoms with Crippen LogP contribution >= 0.6 is 0 Å². The molecule has 2 amide bonds. The van der Waals surface area contributed by atoms with E-state index in [0.29, 0.717) is 18.8 Å². The second kappa shape index (κ2) is 10.3. The molecule has 0 saturated carbocycles. The summed E-state index contributed by atoms with van der Waals surface area (Å²) in [5.74, 6) is -0.560. The molecule has 160 valence electrons. The van der Waals surface area contributed by atoms with Crippen LogP contribution in [0.4, 0.5) is 10.1 Å². The lowest BCUT2D eigenvalue weighted by Gasteiger charge is -2.36. The first-order chi connectivity index (χ1) is 14.4. The first-order valence-corrected chi connectivity index (χ1v) is 10.2. The van der Waals surface area contributed by atoms with Gasteiger partial charge in [0.25, 0.3) is 0 Å². The highest BCUT2D eigenvalue weighted by Crippen LogP contribution is 2.11. The first-order valence-electron chi connectivity index (χ1n) is 10.2.